The molecule has 1 aliphatic heterocycles. The highest BCUT2D eigenvalue weighted by molar-refractivity contribution is 5.51. The molecule has 1 aliphatic rings. The van der Waals surface area contributed by atoms with Crippen LogP contribution in [0.1, 0.15) is 32.4 Å². The fourth-order valence-corrected chi connectivity index (χ4v) is 1.91. The van der Waals surface area contributed by atoms with Crippen molar-refractivity contribution in [3.8, 4) is 0 Å². The fraction of sp³-hybridized carbons (Fsp3) is 0.462. The van der Waals surface area contributed by atoms with Crippen molar-refractivity contribution < 1.29 is 4.74 Å². The van der Waals surface area contributed by atoms with Gasteiger partial charge in [0.1, 0.15) is 12.1 Å². The first kappa shape index (κ1) is 10.2. The molecular weight excluding hydrogens is 186 g/mol. The minimum Gasteiger partial charge on any atom is -0.477 e. The molecule has 0 spiro atoms. The second kappa shape index (κ2) is 3.69. The second-order valence-corrected chi connectivity index (χ2v) is 5.03. The van der Waals surface area contributed by atoms with Crippen molar-refractivity contribution in [3.05, 3.63) is 35.9 Å². The van der Waals surface area contributed by atoms with Crippen LogP contribution < -0.4 is 0 Å². The molecule has 15 heavy (non-hydrogen) atoms. The summed E-state index contributed by atoms with van der Waals surface area (Å²) >= 11 is 0. The van der Waals surface area contributed by atoms with Crippen molar-refractivity contribution in [1.29, 1.82) is 0 Å². The van der Waals surface area contributed by atoms with E-state index in [9.17, 15) is 0 Å². The zero-order valence-corrected chi connectivity index (χ0v) is 9.47. The molecule has 80 valence electrons. The van der Waals surface area contributed by atoms with Crippen LogP contribution in [0, 0.1) is 5.41 Å². The highest BCUT2D eigenvalue weighted by atomic mass is 16.5. The molecule has 2 atom stereocenters. The van der Waals surface area contributed by atoms with E-state index in [1.54, 1.807) is 6.40 Å². The van der Waals surface area contributed by atoms with Gasteiger partial charge < -0.3 is 4.74 Å². The van der Waals surface area contributed by atoms with Gasteiger partial charge in [0.15, 0.2) is 6.40 Å². The molecule has 0 aliphatic carbocycles. The number of hydrogen-bond acceptors (Lipinski definition) is 2. The van der Waals surface area contributed by atoms with Crippen molar-refractivity contribution in [2.24, 2.45) is 10.4 Å². The predicted octanol–water partition coefficient (Wildman–Crippen LogP) is 3.20. The quantitative estimate of drug-likeness (QED) is 0.686. The Hall–Kier alpha value is -1.31. The lowest BCUT2D eigenvalue weighted by Gasteiger charge is -2.29. The van der Waals surface area contributed by atoms with Crippen LogP contribution in [0.4, 0.5) is 0 Å². The minimum atomic E-state index is 0.108. The summed E-state index contributed by atoms with van der Waals surface area (Å²) in [7, 11) is 0. The molecular formula is C13H17NO. The summed E-state index contributed by atoms with van der Waals surface area (Å²) in [5, 5.41) is 0. The third kappa shape index (κ3) is 2.04. The van der Waals surface area contributed by atoms with Gasteiger partial charge in [-0.2, -0.15) is 0 Å². The summed E-state index contributed by atoms with van der Waals surface area (Å²) in [4.78, 5) is 4.41. The maximum atomic E-state index is 5.59. The predicted molar refractivity (Wildman–Crippen MR) is 62.0 cm³/mol. The molecule has 0 saturated heterocycles. The summed E-state index contributed by atoms with van der Waals surface area (Å²) in [5.74, 6) is 0. The molecule has 1 aromatic rings. The molecule has 0 saturated carbocycles. The number of hydrogen-bond donors (Lipinski definition) is 0. The van der Waals surface area contributed by atoms with E-state index >= 15 is 0 Å². The summed E-state index contributed by atoms with van der Waals surface area (Å²) < 4.78 is 5.59. The van der Waals surface area contributed by atoms with Crippen LogP contribution in [0.25, 0.3) is 0 Å². The number of aliphatic imine (C=N–C) groups is 1. The van der Waals surface area contributed by atoms with Crippen LogP contribution in [-0.2, 0) is 4.74 Å². The third-order valence-electron chi connectivity index (χ3n) is 2.71. The van der Waals surface area contributed by atoms with Gasteiger partial charge in [-0.25, -0.2) is 4.99 Å². The lowest BCUT2D eigenvalue weighted by molar-refractivity contribution is 0.0811. The van der Waals surface area contributed by atoms with E-state index in [2.05, 4.69) is 37.9 Å². The standard InChI is InChI=1S/C13H17NO/c1-13(2,3)12-11(14-9-15-12)10-7-5-4-6-8-10/h4-9,11-12H,1-3H3. The van der Waals surface area contributed by atoms with Crippen molar-refractivity contribution in [3.63, 3.8) is 0 Å². The molecule has 1 aromatic carbocycles. The SMILES string of the molecule is CC(C)(C)C1OC=NC1c1ccccc1. The topological polar surface area (TPSA) is 21.6 Å². The number of ether oxygens (including phenoxy) is 1. The van der Waals surface area contributed by atoms with Gasteiger partial charge >= 0.3 is 0 Å². The van der Waals surface area contributed by atoms with Crippen LogP contribution in [0.3, 0.4) is 0 Å². The Labute approximate surface area is 91.0 Å². The van der Waals surface area contributed by atoms with E-state index in [1.165, 1.54) is 5.56 Å². The molecule has 0 fully saturated rings. The van der Waals surface area contributed by atoms with Crippen LogP contribution in [0.15, 0.2) is 35.3 Å². The summed E-state index contributed by atoms with van der Waals surface area (Å²) in [6, 6.07) is 10.5. The Morgan fingerprint density at radius 3 is 2.40 bits per heavy atom. The van der Waals surface area contributed by atoms with Gasteiger partial charge in [0, 0.05) is 5.41 Å². The number of nitrogens with zero attached hydrogens (tertiary/aromatic N) is 1. The van der Waals surface area contributed by atoms with Crippen molar-refractivity contribution in [2.45, 2.75) is 32.9 Å². The minimum absolute atomic E-state index is 0.108. The molecule has 0 N–H and O–H groups in total. The first-order valence-corrected chi connectivity index (χ1v) is 5.31. The van der Waals surface area contributed by atoms with E-state index < -0.39 is 0 Å². The van der Waals surface area contributed by atoms with E-state index in [0.29, 0.717) is 0 Å². The Morgan fingerprint density at radius 1 is 1.13 bits per heavy atom. The maximum Gasteiger partial charge on any atom is 0.170 e. The highest BCUT2D eigenvalue weighted by Crippen LogP contribution is 2.37. The van der Waals surface area contributed by atoms with Gasteiger partial charge in [-0.15, -0.1) is 0 Å². The molecule has 0 aromatic heterocycles. The van der Waals surface area contributed by atoms with Crippen LogP contribution in [0.5, 0.6) is 0 Å². The van der Waals surface area contributed by atoms with Gasteiger partial charge in [0.2, 0.25) is 0 Å². The summed E-state index contributed by atoms with van der Waals surface area (Å²) in [6.07, 6.45) is 1.73. The molecule has 1 heterocycles. The number of benzene rings is 1. The van der Waals surface area contributed by atoms with Gasteiger partial charge in [-0.1, -0.05) is 51.1 Å². The molecule has 2 rings (SSSR count). The molecule has 2 unspecified atom stereocenters. The van der Waals surface area contributed by atoms with E-state index in [4.69, 9.17) is 4.74 Å². The average molecular weight is 203 g/mol. The Morgan fingerprint density at radius 2 is 1.80 bits per heavy atom. The van der Waals surface area contributed by atoms with Crippen LogP contribution >= 0.6 is 0 Å². The van der Waals surface area contributed by atoms with Gasteiger partial charge in [0.25, 0.3) is 0 Å². The summed E-state index contributed by atoms with van der Waals surface area (Å²) in [6.45, 7) is 6.55. The van der Waals surface area contributed by atoms with Crippen molar-refractivity contribution in [2.75, 3.05) is 0 Å². The number of rotatable bonds is 1. The largest absolute Gasteiger partial charge is 0.477 e. The van der Waals surface area contributed by atoms with Crippen LogP contribution in [-0.4, -0.2) is 12.5 Å². The van der Waals surface area contributed by atoms with Gasteiger partial charge in [-0.05, 0) is 5.56 Å². The molecule has 2 heteroatoms. The van der Waals surface area contributed by atoms with Gasteiger partial charge in [0.05, 0.1) is 0 Å². The molecule has 0 radical (unpaired) electrons. The fourth-order valence-electron chi connectivity index (χ4n) is 1.91. The Bertz CT molecular complexity index is 351. The zero-order chi connectivity index (χ0) is 10.9. The van der Waals surface area contributed by atoms with E-state index in [-0.39, 0.29) is 17.6 Å². The maximum absolute atomic E-state index is 5.59. The normalized spacial score (nSPS) is 25.3. The van der Waals surface area contributed by atoms with E-state index in [0.717, 1.165) is 0 Å². The lowest BCUT2D eigenvalue weighted by Crippen LogP contribution is -2.30. The lowest BCUT2D eigenvalue weighted by atomic mass is 9.82. The highest BCUT2D eigenvalue weighted by Gasteiger charge is 2.37. The zero-order valence-electron chi connectivity index (χ0n) is 9.47. The van der Waals surface area contributed by atoms with Crippen molar-refractivity contribution in [1.82, 2.24) is 0 Å². The van der Waals surface area contributed by atoms with Crippen LogP contribution in [0.2, 0.25) is 0 Å². The first-order valence-electron chi connectivity index (χ1n) is 5.31. The van der Waals surface area contributed by atoms with Gasteiger partial charge in [-0.3, -0.25) is 0 Å². The van der Waals surface area contributed by atoms with Crippen molar-refractivity contribution >= 4 is 6.40 Å². The average Bonchev–Trinajstić information content (AvgIpc) is 2.67. The smallest absolute Gasteiger partial charge is 0.170 e. The third-order valence-corrected chi connectivity index (χ3v) is 2.71. The summed E-state index contributed by atoms with van der Waals surface area (Å²) in [5.41, 5.74) is 1.34. The monoisotopic (exact) mass is 203 g/mol. The first-order chi connectivity index (χ1) is 7.09. The Kier molecular flexibility index (Phi) is 2.51. The molecule has 0 bridgehead atoms. The molecule has 2 nitrogen and oxygen atoms in total. The molecule has 0 amide bonds. The second-order valence-electron chi connectivity index (χ2n) is 5.03. The Balaban J connectivity index is 2.26. The van der Waals surface area contributed by atoms with E-state index in [1.807, 2.05) is 18.2 Å².